The van der Waals surface area contributed by atoms with Crippen LogP contribution in [0.15, 0.2) is 4.52 Å². The number of rotatable bonds is 3. The first-order chi connectivity index (χ1) is 9.41. The summed E-state index contributed by atoms with van der Waals surface area (Å²) in [5.74, 6) is 1.54. The first-order valence-electron chi connectivity index (χ1n) is 7.71. The lowest BCUT2D eigenvalue weighted by molar-refractivity contribution is 0.150. The molecule has 2 atom stereocenters. The zero-order valence-corrected chi connectivity index (χ0v) is 13.0. The number of nitrogens with one attached hydrogen (secondary N) is 1. The Morgan fingerprint density at radius 1 is 1.25 bits per heavy atom. The van der Waals surface area contributed by atoms with E-state index >= 15 is 0 Å². The highest BCUT2D eigenvalue weighted by atomic mass is 16.5. The lowest BCUT2D eigenvalue weighted by atomic mass is 9.96. The molecule has 2 unspecified atom stereocenters. The number of nitrogens with zero attached hydrogens (tertiary/aromatic N) is 3. The highest BCUT2D eigenvalue weighted by Crippen LogP contribution is 2.29. The van der Waals surface area contributed by atoms with Crippen molar-refractivity contribution in [1.82, 2.24) is 20.4 Å². The van der Waals surface area contributed by atoms with Gasteiger partial charge in [-0.25, -0.2) is 0 Å². The van der Waals surface area contributed by atoms with Crippen LogP contribution in [0.25, 0.3) is 0 Å². The highest BCUT2D eigenvalue weighted by molar-refractivity contribution is 5.00. The first kappa shape index (κ1) is 14.0. The Hall–Kier alpha value is -0.940. The van der Waals surface area contributed by atoms with Crippen LogP contribution in [0.4, 0.5) is 0 Å². The van der Waals surface area contributed by atoms with Crippen LogP contribution in [0.2, 0.25) is 0 Å². The van der Waals surface area contributed by atoms with Gasteiger partial charge in [-0.05, 0) is 32.7 Å². The smallest absolute Gasteiger partial charge is 0.240 e. The van der Waals surface area contributed by atoms with Gasteiger partial charge < -0.3 is 9.84 Å². The third kappa shape index (κ3) is 2.88. The molecule has 0 saturated carbocycles. The Morgan fingerprint density at radius 3 is 2.45 bits per heavy atom. The molecule has 2 fully saturated rings. The van der Waals surface area contributed by atoms with Gasteiger partial charge in [0, 0.05) is 23.5 Å². The van der Waals surface area contributed by atoms with Crippen molar-refractivity contribution in [2.24, 2.45) is 0 Å². The van der Waals surface area contributed by atoms with Crippen LogP contribution in [0.3, 0.4) is 0 Å². The van der Waals surface area contributed by atoms with E-state index in [1.54, 1.807) is 0 Å². The van der Waals surface area contributed by atoms with E-state index in [2.05, 4.69) is 48.2 Å². The molecule has 0 amide bonds. The summed E-state index contributed by atoms with van der Waals surface area (Å²) < 4.78 is 5.40. The molecule has 3 rings (SSSR count). The van der Waals surface area contributed by atoms with Gasteiger partial charge in [0.2, 0.25) is 5.89 Å². The third-order valence-corrected chi connectivity index (χ3v) is 4.60. The number of hydrogen-bond donors (Lipinski definition) is 1. The summed E-state index contributed by atoms with van der Waals surface area (Å²) in [6, 6.07) is 2.07. The van der Waals surface area contributed by atoms with Gasteiger partial charge in [-0.3, -0.25) is 4.90 Å². The molecular formula is C15H26N4O. The average Bonchev–Trinajstić information content (AvgIpc) is 2.96. The van der Waals surface area contributed by atoms with Gasteiger partial charge >= 0.3 is 0 Å². The second-order valence-corrected chi connectivity index (χ2v) is 7.44. The molecule has 112 valence electrons. The topological polar surface area (TPSA) is 54.2 Å². The molecule has 0 aliphatic carbocycles. The van der Waals surface area contributed by atoms with Gasteiger partial charge in [-0.2, -0.15) is 4.98 Å². The minimum absolute atomic E-state index is 0.0474. The van der Waals surface area contributed by atoms with E-state index in [9.17, 15) is 0 Å². The van der Waals surface area contributed by atoms with Crippen molar-refractivity contribution in [3.63, 3.8) is 0 Å². The molecule has 3 heterocycles. The van der Waals surface area contributed by atoms with E-state index < -0.39 is 0 Å². The molecule has 5 nitrogen and oxygen atoms in total. The summed E-state index contributed by atoms with van der Waals surface area (Å²) in [5.41, 5.74) is -0.0474. The maximum atomic E-state index is 5.40. The normalized spacial score (nSPS) is 30.1. The molecule has 2 bridgehead atoms. The van der Waals surface area contributed by atoms with E-state index in [0.717, 1.165) is 18.3 Å². The number of aromatic nitrogens is 2. The molecule has 2 aliphatic rings. The highest BCUT2D eigenvalue weighted by Gasteiger charge is 2.35. The lowest BCUT2D eigenvalue weighted by Crippen LogP contribution is -2.46. The zero-order chi connectivity index (χ0) is 14.3. The van der Waals surface area contributed by atoms with Gasteiger partial charge in [0.15, 0.2) is 5.82 Å². The Kier molecular flexibility index (Phi) is 3.58. The molecule has 20 heavy (non-hydrogen) atoms. The second kappa shape index (κ2) is 5.11. The fourth-order valence-electron chi connectivity index (χ4n) is 3.35. The Balaban J connectivity index is 1.61. The fraction of sp³-hybridized carbons (Fsp3) is 0.867. The Morgan fingerprint density at radius 2 is 1.90 bits per heavy atom. The molecule has 5 heteroatoms. The minimum Gasteiger partial charge on any atom is -0.338 e. The van der Waals surface area contributed by atoms with Crippen LogP contribution in [-0.4, -0.2) is 40.2 Å². The van der Waals surface area contributed by atoms with Crippen molar-refractivity contribution in [2.45, 2.75) is 76.5 Å². The van der Waals surface area contributed by atoms with Crippen molar-refractivity contribution in [3.05, 3.63) is 11.7 Å². The van der Waals surface area contributed by atoms with Crippen molar-refractivity contribution >= 4 is 0 Å². The SMILES string of the molecule is CN(Cc1nc(C(C)(C)C)no1)C1CC2CCC(C1)N2. The van der Waals surface area contributed by atoms with Gasteiger partial charge in [-0.1, -0.05) is 25.9 Å². The van der Waals surface area contributed by atoms with Gasteiger partial charge in [-0.15, -0.1) is 0 Å². The Bertz CT molecular complexity index is 453. The van der Waals surface area contributed by atoms with Crippen LogP contribution >= 0.6 is 0 Å². The maximum Gasteiger partial charge on any atom is 0.240 e. The van der Waals surface area contributed by atoms with Crippen molar-refractivity contribution in [3.8, 4) is 0 Å². The number of hydrogen-bond acceptors (Lipinski definition) is 5. The minimum atomic E-state index is -0.0474. The van der Waals surface area contributed by atoms with Gasteiger partial charge in [0.1, 0.15) is 0 Å². The molecule has 1 N–H and O–H groups in total. The Labute approximate surface area is 121 Å². The molecule has 2 aliphatic heterocycles. The van der Waals surface area contributed by atoms with E-state index in [1.807, 2.05) is 0 Å². The second-order valence-electron chi connectivity index (χ2n) is 7.44. The molecule has 0 aromatic carbocycles. The summed E-state index contributed by atoms with van der Waals surface area (Å²) in [4.78, 5) is 6.92. The van der Waals surface area contributed by atoms with Crippen molar-refractivity contribution in [1.29, 1.82) is 0 Å². The summed E-state index contributed by atoms with van der Waals surface area (Å²) in [5, 5.41) is 7.79. The fourth-order valence-corrected chi connectivity index (χ4v) is 3.35. The van der Waals surface area contributed by atoms with Crippen LogP contribution < -0.4 is 5.32 Å². The maximum absolute atomic E-state index is 5.40. The first-order valence-corrected chi connectivity index (χ1v) is 7.71. The summed E-state index contributed by atoms with van der Waals surface area (Å²) in [6.45, 7) is 7.08. The molecule has 2 saturated heterocycles. The number of piperidine rings is 1. The predicted molar refractivity (Wildman–Crippen MR) is 77.4 cm³/mol. The summed E-state index contributed by atoms with van der Waals surface area (Å²) >= 11 is 0. The molecule has 0 radical (unpaired) electrons. The third-order valence-electron chi connectivity index (χ3n) is 4.60. The predicted octanol–water partition coefficient (Wildman–Crippen LogP) is 2.08. The number of fused-ring (bicyclic) bond motifs is 2. The van der Waals surface area contributed by atoms with Crippen molar-refractivity contribution < 1.29 is 4.52 Å². The van der Waals surface area contributed by atoms with Crippen LogP contribution in [0, 0.1) is 0 Å². The summed E-state index contributed by atoms with van der Waals surface area (Å²) in [6.07, 6.45) is 5.16. The van der Waals surface area contributed by atoms with E-state index in [4.69, 9.17) is 4.52 Å². The molecule has 1 aromatic heterocycles. The standard InChI is InChI=1S/C15H26N4O/c1-15(2,3)14-17-13(20-18-14)9-19(4)12-7-10-5-6-11(8-12)16-10/h10-12,16H,5-9H2,1-4H3. The molecular weight excluding hydrogens is 252 g/mol. The quantitative estimate of drug-likeness (QED) is 0.917. The average molecular weight is 278 g/mol. The van der Waals surface area contributed by atoms with E-state index in [0.29, 0.717) is 18.1 Å². The lowest BCUT2D eigenvalue weighted by Gasteiger charge is -2.34. The largest absolute Gasteiger partial charge is 0.338 e. The van der Waals surface area contributed by atoms with Gasteiger partial charge in [0.25, 0.3) is 0 Å². The van der Waals surface area contributed by atoms with Crippen molar-refractivity contribution in [2.75, 3.05) is 7.05 Å². The van der Waals surface area contributed by atoms with Crippen LogP contribution in [0.5, 0.6) is 0 Å². The van der Waals surface area contributed by atoms with E-state index in [-0.39, 0.29) is 5.41 Å². The zero-order valence-electron chi connectivity index (χ0n) is 13.0. The van der Waals surface area contributed by atoms with Crippen LogP contribution in [-0.2, 0) is 12.0 Å². The summed E-state index contributed by atoms with van der Waals surface area (Å²) in [7, 11) is 2.18. The molecule has 1 aromatic rings. The molecule has 0 spiro atoms. The van der Waals surface area contributed by atoms with E-state index in [1.165, 1.54) is 25.7 Å². The van der Waals surface area contributed by atoms with Gasteiger partial charge in [0.05, 0.1) is 6.54 Å². The monoisotopic (exact) mass is 278 g/mol. The van der Waals surface area contributed by atoms with Crippen LogP contribution in [0.1, 0.15) is 58.2 Å².